The van der Waals surface area contributed by atoms with Crippen LogP contribution in [0.1, 0.15) is 59.8 Å². The smallest absolute Gasteiger partial charge is 0.398 e. The van der Waals surface area contributed by atoms with Gasteiger partial charge in [-0.25, -0.2) is 4.98 Å². The van der Waals surface area contributed by atoms with Gasteiger partial charge in [-0.2, -0.15) is 0 Å². The van der Waals surface area contributed by atoms with Gasteiger partial charge in [0.15, 0.2) is 5.13 Å². The molecule has 1 aromatic heterocycles. The van der Waals surface area contributed by atoms with Crippen LogP contribution in [-0.2, 0) is 9.31 Å². The highest BCUT2D eigenvalue weighted by molar-refractivity contribution is 7.14. The summed E-state index contributed by atoms with van der Waals surface area (Å²) in [6.45, 7) is 8.28. The lowest BCUT2D eigenvalue weighted by Crippen LogP contribution is -2.41. The van der Waals surface area contributed by atoms with Crippen molar-refractivity contribution >= 4 is 29.2 Å². The maximum Gasteiger partial charge on any atom is 0.515 e. The van der Waals surface area contributed by atoms with Crippen LogP contribution < -0.4 is 10.9 Å². The van der Waals surface area contributed by atoms with Gasteiger partial charge in [0.1, 0.15) is 0 Å². The fraction of sp³-hybridized carbons (Fsp3) is 0.800. The van der Waals surface area contributed by atoms with Crippen LogP contribution in [-0.4, -0.2) is 29.3 Å². The third-order valence-electron chi connectivity index (χ3n) is 4.95. The minimum absolute atomic E-state index is 0.307. The lowest BCUT2D eigenvalue weighted by molar-refractivity contribution is 0.00578. The quantitative estimate of drug-likeness (QED) is 0.871. The normalized spacial score (nSPS) is 25.2. The Labute approximate surface area is 131 Å². The average Bonchev–Trinajstić information content (AvgIpc) is 2.94. The highest BCUT2D eigenvalue weighted by Crippen LogP contribution is 2.36. The predicted octanol–water partition coefficient (Wildman–Crippen LogP) is 3.19. The van der Waals surface area contributed by atoms with E-state index in [-0.39, 0.29) is 18.3 Å². The Morgan fingerprint density at radius 2 is 1.76 bits per heavy atom. The third kappa shape index (κ3) is 3.12. The molecule has 0 atom stereocenters. The van der Waals surface area contributed by atoms with E-state index < -0.39 is 0 Å². The van der Waals surface area contributed by atoms with Crippen LogP contribution in [0.3, 0.4) is 0 Å². The number of nitrogens with zero attached hydrogens (tertiary/aromatic N) is 1. The molecule has 0 unspecified atom stereocenters. The van der Waals surface area contributed by atoms with Crippen molar-refractivity contribution in [2.24, 2.45) is 0 Å². The van der Waals surface area contributed by atoms with Gasteiger partial charge in [0, 0.05) is 11.4 Å². The van der Waals surface area contributed by atoms with E-state index in [9.17, 15) is 0 Å². The lowest BCUT2D eigenvalue weighted by Gasteiger charge is -2.32. The average molecular weight is 308 g/mol. The second-order valence-corrected chi connectivity index (χ2v) is 8.00. The molecule has 6 heteroatoms. The molecular weight excluding hydrogens is 283 g/mol. The summed E-state index contributed by atoms with van der Waals surface area (Å²) >= 11 is 1.65. The SMILES string of the molecule is CC1(C)OB(c2csc(NC3CCCCC3)n2)OC1(C)C. The minimum atomic E-state index is -0.354. The van der Waals surface area contributed by atoms with Gasteiger partial charge in [0.25, 0.3) is 0 Å². The molecule has 0 spiro atoms. The van der Waals surface area contributed by atoms with Crippen molar-refractivity contribution < 1.29 is 9.31 Å². The number of hydrogen-bond donors (Lipinski definition) is 1. The van der Waals surface area contributed by atoms with Crippen LogP contribution in [0, 0.1) is 0 Å². The Bertz CT molecular complexity index is 482. The molecule has 1 N–H and O–H groups in total. The first-order valence-electron chi connectivity index (χ1n) is 7.95. The van der Waals surface area contributed by atoms with Crippen LogP contribution in [0.5, 0.6) is 0 Å². The molecule has 4 nitrogen and oxygen atoms in total. The zero-order chi connectivity index (χ0) is 15.1. The lowest BCUT2D eigenvalue weighted by atomic mass is 9.86. The first kappa shape index (κ1) is 15.3. The monoisotopic (exact) mass is 308 g/mol. The molecule has 1 aliphatic carbocycles. The topological polar surface area (TPSA) is 43.4 Å². The van der Waals surface area contributed by atoms with Crippen LogP contribution in [0.2, 0.25) is 0 Å². The molecule has 2 fully saturated rings. The largest absolute Gasteiger partial charge is 0.515 e. The summed E-state index contributed by atoms with van der Waals surface area (Å²) in [6.07, 6.45) is 6.53. The van der Waals surface area contributed by atoms with Crippen molar-refractivity contribution in [3.8, 4) is 0 Å². The van der Waals surface area contributed by atoms with Gasteiger partial charge in [-0.15, -0.1) is 11.3 Å². The summed E-state index contributed by atoms with van der Waals surface area (Å²) in [5.41, 5.74) is 0.271. The molecule has 116 valence electrons. The zero-order valence-corrected chi connectivity index (χ0v) is 14.3. The molecular formula is C15H25BN2O2S. The summed E-state index contributed by atoms with van der Waals surface area (Å²) < 4.78 is 12.1. The molecule has 1 saturated carbocycles. The van der Waals surface area contributed by atoms with Crippen molar-refractivity contribution in [2.75, 3.05) is 5.32 Å². The van der Waals surface area contributed by atoms with E-state index in [2.05, 4.69) is 38.0 Å². The van der Waals surface area contributed by atoms with Crippen molar-refractivity contribution in [3.05, 3.63) is 5.38 Å². The van der Waals surface area contributed by atoms with Gasteiger partial charge in [-0.05, 0) is 40.5 Å². The van der Waals surface area contributed by atoms with E-state index in [1.54, 1.807) is 11.3 Å². The molecule has 1 aromatic rings. The Kier molecular flexibility index (Phi) is 4.05. The third-order valence-corrected chi connectivity index (χ3v) is 5.74. The minimum Gasteiger partial charge on any atom is -0.398 e. The first-order valence-corrected chi connectivity index (χ1v) is 8.83. The molecule has 0 amide bonds. The molecule has 1 saturated heterocycles. The zero-order valence-electron chi connectivity index (χ0n) is 13.4. The number of thiazole rings is 1. The van der Waals surface area contributed by atoms with Crippen molar-refractivity contribution in [2.45, 2.75) is 77.0 Å². The molecule has 3 rings (SSSR count). The Balaban J connectivity index is 1.65. The summed E-state index contributed by atoms with van der Waals surface area (Å²) in [6, 6.07) is 0.580. The second-order valence-electron chi connectivity index (χ2n) is 7.15. The summed E-state index contributed by atoms with van der Waals surface area (Å²) in [7, 11) is -0.354. The number of nitrogens with one attached hydrogen (secondary N) is 1. The van der Waals surface area contributed by atoms with Gasteiger partial charge in [-0.3, -0.25) is 0 Å². The summed E-state index contributed by atoms with van der Waals surface area (Å²) in [5.74, 6) is 0. The van der Waals surface area contributed by atoms with E-state index in [0.717, 1.165) is 10.7 Å². The second kappa shape index (κ2) is 5.56. The van der Waals surface area contributed by atoms with E-state index >= 15 is 0 Å². The Morgan fingerprint density at radius 3 is 2.38 bits per heavy atom. The van der Waals surface area contributed by atoms with Gasteiger partial charge in [-0.1, -0.05) is 19.3 Å². The number of anilines is 1. The van der Waals surface area contributed by atoms with E-state index in [4.69, 9.17) is 9.31 Å². The molecule has 2 heterocycles. The fourth-order valence-electron chi connectivity index (χ4n) is 2.85. The van der Waals surface area contributed by atoms with Crippen molar-refractivity contribution in [1.82, 2.24) is 4.98 Å². The summed E-state index contributed by atoms with van der Waals surface area (Å²) in [4.78, 5) is 4.67. The Morgan fingerprint density at radius 1 is 1.14 bits per heavy atom. The number of aromatic nitrogens is 1. The molecule has 2 aliphatic rings. The molecule has 0 bridgehead atoms. The van der Waals surface area contributed by atoms with Crippen molar-refractivity contribution in [3.63, 3.8) is 0 Å². The molecule has 21 heavy (non-hydrogen) atoms. The van der Waals surface area contributed by atoms with E-state index in [1.807, 2.05) is 5.38 Å². The highest BCUT2D eigenvalue weighted by atomic mass is 32.1. The van der Waals surface area contributed by atoms with Gasteiger partial charge < -0.3 is 14.6 Å². The maximum absolute atomic E-state index is 6.05. The fourth-order valence-corrected chi connectivity index (χ4v) is 3.64. The van der Waals surface area contributed by atoms with Crippen LogP contribution in [0.25, 0.3) is 0 Å². The maximum atomic E-state index is 6.05. The van der Waals surface area contributed by atoms with Crippen LogP contribution in [0.15, 0.2) is 5.38 Å². The van der Waals surface area contributed by atoms with Gasteiger partial charge in [0.2, 0.25) is 0 Å². The van der Waals surface area contributed by atoms with E-state index in [0.29, 0.717) is 6.04 Å². The first-order chi connectivity index (χ1) is 9.87. The molecule has 0 aromatic carbocycles. The highest BCUT2D eigenvalue weighted by Gasteiger charge is 2.52. The van der Waals surface area contributed by atoms with E-state index in [1.165, 1.54) is 32.1 Å². The van der Waals surface area contributed by atoms with Crippen molar-refractivity contribution in [1.29, 1.82) is 0 Å². The number of rotatable bonds is 3. The Hall–Kier alpha value is -0.585. The van der Waals surface area contributed by atoms with Crippen LogP contribution >= 0.6 is 11.3 Å². The molecule has 1 aliphatic heterocycles. The predicted molar refractivity (Wildman–Crippen MR) is 88.3 cm³/mol. The van der Waals surface area contributed by atoms with Gasteiger partial charge in [0.05, 0.1) is 16.8 Å². The van der Waals surface area contributed by atoms with Gasteiger partial charge >= 0.3 is 7.12 Å². The number of hydrogen-bond acceptors (Lipinski definition) is 5. The standard InChI is InChI=1S/C15H25BN2O2S/c1-14(2)15(3,4)20-16(19-14)12-10-21-13(18-12)17-11-8-6-5-7-9-11/h10-11H,5-9H2,1-4H3,(H,17,18). The summed E-state index contributed by atoms with van der Waals surface area (Å²) in [5, 5.41) is 6.60. The molecule has 0 radical (unpaired) electrons. The van der Waals surface area contributed by atoms with Crippen LogP contribution in [0.4, 0.5) is 5.13 Å².